The fourth-order valence-electron chi connectivity index (χ4n) is 2.02. The number of ether oxygens (including phenoxy) is 1. The molecule has 2 aromatic rings. The summed E-state index contributed by atoms with van der Waals surface area (Å²) in [7, 11) is 3.72. The van der Waals surface area contributed by atoms with Gasteiger partial charge in [-0.05, 0) is 31.3 Å². The van der Waals surface area contributed by atoms with E-state index in [2.05, 4.69) is 22.1 Å². The fraction of sp³-hybridized carbons (Fsp3) is 0.357. The van der Waals surface area contributed by atoms with Crippen LogP contribution in [0.1, 0.15) is 5.56 Å². The molecule has 102 valence electrons. The first-order chi connectivity index (χ1) is 9.24. The number of likely N-dealkylation sites (N-methyl/N-ethyl adjacent to an activating group) is 1. The van der Waals surface area contributed by atoms with Gasteiger partial charge in [-0.1, -0.05) is 0 Å². The lowest BCUT2D eigenvalue weighted by Gasteiger charge is -2.15. The average Bonchev–Trinajstić information content (AvgIpc) is 2.87. The van der Waals surface area contributed by atoms with Crippen molar-refractivity contribution in [3.63, 3.8) is 0 Å². The van der Waals surface area contributed by atoms with Crippen molar-refractivity contribution >= 4 is 0 Å². The number of aromatic amines is 1. The van der Waals surface area contributed by atoms with Crippen molar-refractivity contribution in [1.29, 1.82) is 0 Å². The van der Waals surface area contributed by atoms with Gasteiger partial charge in [-0.3, -0.25) is 5.10 Å². The van der Waals surface area contributed by atoms with Crippen molar-refractivity contribution in [2.45, 2.75) is 6.54 Å². The summed E-state index contributed by atoms with van der Waals surface area (Å²) in [6.07, 6.45) is 1.94. The molecular weight excluding hydrogens is 240 g/mol. The van der Waals surface area contributed by atoms with Crippen molar-refractivity contribution in [2.75, 3.05) is 27.2 Å². The van der Waals surface area contributed by atoms with E-state index in [0.717, 1.165) is 30.1 Å². The predicted molar refractivity (Wildman–Crippen MR) is 76.0 cm³/mol. The van der Waals surface area contributed by atoms with Gasteiger partial charge in [-0.25, -0.2) is 0 Å². The minimum Gasteiger partial charge on any atom is -0.497 e. The summed E-state index contributed by atoms with van der Waals surface area (Å²) in [4.78, 5) is 2.18. The van der Waals surface area contributed by atoms with Gasteiger partial charge in [0.2, 0.25) is 0 Å². The summed E-state index contributed by atoms with van der Waals surface area (Å²) in [5, 5.41) is 7.27. The smallest absolute Gasteiger partial charge is 0.118 e. The van der Waals surface area contributed by atoms with E-state index >= 15 is 0 Å². The van der Waals surface area contributed by atoms with Gasteiger partial charge in [0.05, 0.1) is 12.8 Å². The minimum atomic E-state index is 0.659. The van der Waals surface area contributed by atoms with Crippen LogP contribution in [0.5, 0.6) is 5.75 Å². The molecule has 0 fully saturated rings. The highest BCUT2D eigenvalue weighted by atomic mass is 16.5. The molecule has 0 amide bonds. The Bertz CT molecular complexity index is 506. The monoisotopic (exact) mass is 260 g/mol. The number of hydrogen-bond acceptors (Lipinski definition) is 4. The molecule has 3 N–H and O–H groups in total. The largest absolute Gasteiger partial charge is 0.497 e. The summed E-state index contributed by atoms with van der Waals surface area (Å²) in [5.74, 6) is 0.848. The number of H-pyrrole nitrogens is 1. The van der Waals surface area contributed by atoms with E-state index in [-0.39, 0.29) is 0 Å². The van der Waals surface area contributed by atoms with Gasteiger partial charge in [0, 0.05) is 37.0 Å². The predicted octanol–water partition coefficient (Wildman–Crippen LogP) is 1.48. The molecule has 0 saturated carbocycles. The Labute approximate surface area is 113 Å². The van der Waals surface area contributed by atoms with E-state index in [4.69, 9.17) is 10.5 Å². The molecule has 19 heavy (non-hydrogen) atoms. The number of nitrogens with zero attached hydrogens (tertiary/aromatic N) is 2. The number of aromatic nitrogens is 2. The summed E-state index contributed by atoms with van der Waals surface area (Å²) in [6, 6.07) is 7.91. The molecule has 1 heterocycles. The molecule has 0 radical (unpaired) electrons. The van der Waals surface area contributed by atoms with Gasteiger partial charge in [0.25, 0.3) is 0 Å². The normalized spacial score (nSPS) is 10.9. The third kappa shape index (κ3) is 3.33. The van der Waals surface area contributed by atoms with E-state index in [1.165, 1.54) is 5.56 Å². The van der Waals surface area contributed by atoms with Gasteiger partial charge in [0.15, 0.2) is 0 Å². The SMILES string of the molecule is COc1ccc(-c2n[nH]cc2CN(C)CCN)cc1. The number of nitrogens with two attached hydrogens (primary N) is 1. The van der Waals surface area contributed by atoms with Crippen LogP contribution in [-0.2, 0) is 6.54 Å². The summed E-state index contributed by atoms with van der Waals surface area (Å²) in [5.41, 5.74) is 8.79. The van der Waals surface area contributed by atoms with Crippen LogP contribution in [0.4, 0.5) is 0 Å². The highest BCUT2D eigenvalue weighted by Crippen LogP contribution is 2.24. The van der Waals surface area contributed by atoms with Crippen LogP contribution in [0.2, 0.25) is 0 Å². The number of methoxy groups -OCH3 is 1. The molecule has 1 aromatic heterocycles. The van der Waals surface area contributed by atoms with E-state index in [1.807, 2.05) is 30.5 Å². The Morgan fingerprint density at radius 3 is 2.68 bits per heavy atom. The molecule has 1 aromatic carbocycles. The van der Waals surface area contributed by atoms with Gasteiger partial charge >= 0.3 is 0 Å². The Balaban J connectivity index is 2.18. The molecule has 0 saturated heterocycles. The number of benzene rings is 1. The maximum Gasteiger partial charge on any atom is 0.118 e. The maximum absolute atomic E-state index is 5.56. The van der Waals surface area contributed by atoms with E-state index in [9.17, 15) is 0 Å². The first-order valence-corrected chi connectivity index (χ1v) is 6.30. The van der Waals surface area contributed by atoms with Gasteiger partial charge in [-0.15, -0.1) is 0 Å². The highest BCUT2D eigenvalue weighted by Gasteiger charge is 2.10. The van der Waals surface area contributed by atoms with Crippen LogP contribution in [0.15, 0.2) is 30.5 Å². The lowest BCUT2D eigenvalue weighted by Crippen LogP contribution is -2.25. The third-order valence-electron chi connectivity index (χ3n) is 3.03. The van der Waals surface area contributed by atoms with Crippen LogP contribution in [0.25, 0.3) is 11.3 Å². The van der Waals surface area contributed by atoms with E-state index < -0.39 is 0 Å². The molecule has 5 heteroatoms. The number of hydrogen-bond donors (Lipinski definition) is 2. The molecule has 0 unspecified atom stereocenters. The van der Waals surface area contributed by atoms with Crippen molar-refractivity contribution in [3.8, 4) is 17.0 Å². The zero-order valence-electron chi connectivity index (χ0n) is 11.4. The Morgan fingerprint density at radius 2 is 2.05 bits per heavy atom. The Kier molecular flexibility index (Phi) is 4.54. The van der Waals surface area contributed by atoms with Crippen molar-refractivity contribution < 1.29 is 4.74 Å². The van der Waals surface area contributed by atoms with Gasteiger partial charge < -0.3 is 15.4 Å². The third-order valence-corrected chi connectivity index (χ3v) is 3.03. The van der Waals surface area contributed by atoms with Crippen LogP contribution >= 0.6 is 0 Å². The second kappa shape index (κ2) is 6.36. The maximum atomic E-state index is 5.56. The second-order valence-electron chi connectivity index (χ2n) is 4.51. The first kappa shape index (κ1) is 13.6. The topological polar surface area (TPSA) is 67.2 Å². The average molecular weight is 260 g/mol. The number of rotatable bonds is 6. The quantitative estimate of drug-likeness (QED) is 0.825. The van der Waals surface area contributed by atoms with Gasteiger partial charge in [-0.2, -0.15) is 5.10 Å². The summed E-state index contributed by atoms with van der Waals surface area (Å²) < 4.78 is 5.16. The van der Waals surface area contributed by atoms with Crippen LogP contribution in [0, 0.1) is 0 Å². The molecular formula is C14H20N4O. The lowest BCUT2D eigenvalue weighted by molar-refractivity contribution is 0.337. The molecule has 0 aliphatic heterocycles. The standard InChI is InChI=1S/C14H20N4O/c1-18(8-7-15)10-12-9-16-17-14(12)11-3-5-13(19-2)6-4-11/h3-6,9H,7-8,10,15H2,1-2H3,(H,16,17). The zero-order valence-corrected chi connectivity index (χ0v) is 11.4. The first-order valence-electron chi connectivity index (χ1n) is 6.30. The molecule has 0 bridgehead atoms. The van der Waals surface area contributed by atoms with Crippen molar-refractivity contribution in [2.24, 2.45) is 5.73 Å². The molecule has 0 aliphatic carbocycles. The van der Waals surface area contributed by atoms with E-state index in [1.54, 1.807) is 7.11 Å². The number of nitrogens with one attached hydrogen (secondary N) is 1. The Morgan fingerprint density at radius 1 is 1.32 bits per heavy atom. The van der Waals surface area contributed by atoms with Crippen molar-refractivity contribution in [3.05, 3.63) is 36.0 Å². The zero-order chi connectivity index (χ0) is 13.7. The molecule has 0 spiro atoms. The van der Waals surface area contributed by atoms with Crippen molar-refractivity contribution in [1.82, 2.24) is 15.1 Å². The van der Waals surface area contributed by atoms with Crippen LogP contribution in [-0.4, -0.2) is 42.3 Å². The van der Waals surface area contributed by atoms with E-state index in [0.29, 0.717) is 6.54 Å². The van der Waals surface area contributed by atoms with Crippen LogP contribution < -0.4 is 10.5 Å². The minimum absolute atomic E-state index is 0.659. The Hall–Kier alpha value is -1.85. The van der Waals surface area contributed by atoms with Crippen LogP contribution in [0.3, 0.4) is 0 Å². The molecule has 0 aliphatic rings. The molecule has 5 nitrogen and oxygen atoms in total. The van der Waals surface area contributed by atoms with Gasteiger partial charge in [0.1, 0.15) is 5.75 Å². The highest BCUT2D eigenvalue weighted by molar-refractivity contribution is 5.63. The fourth-order valence-corrected chi connectivity index (χ4v) is 2.02. The summed E-state index contributed by atoms with van der Waals surface area (Å²) >= 11 is 0. The second-order valence-corrected chi connectivity index (χ2v) is 4.51. The summed E-state index contributed by atoms with van der Waals surface area (Å²) in [6.45, 7) is 2.36. The lowest BCUT2D eigenvalue weighted by atomic mass is 10.1. The molecule has 0 atom stereocenters. The molecule has 2 rings (SSSR count).